The molecule has 0 spiro atoms. The second-order valence-electron chi connectivity index (χ2n) is 7.09. The van der Waals surface area contributed by atoms with Crippen LogP contribution in [0.15, 0.2) is 47.2 Å². The Labute approximate surface area is 162 Å². The molecule has 0 bridgehead atoms. The van der Waals surface area contributed by atoms with Gasteiger partial charge in [-0.05, 0) is 55.5 Å². The zero-order valence-corrected chi connectivity index (χ0v) is 15.5. The average Bonchev–Trinajstić information content (AvgIpc) is 3.39. The maximum absolute atomic E-state index is 13.0. The molecular weight excluding hydrogens is 361 g/mol. The molecule has 0 aliphatic carbocycles. The molecule has 4 rings (SSSR count). The number of carbonyl (C=O) groups is 1. The number of rotatable bonds is 6. The van der Waals surface area contributed by atoms with Crippen molar-refractivity contribution >= 4 is 5.91 Å². The summed E-state index contributed by atoms with van der Waals surface area (Å²) < 4.78 is 20.0. The van der Waals surface area contributed by atoms with Gasteiger partial charge in [-0.1, -0.05) is 5.16 Å². The number of carbonyl (C=O) groups excluding carboxylic acids is 1. The van der Waals surface area contributed by atoms with Gasteiger partial charge in [-0.15, -0.1) is 0 Å². The van der Waals surface area contributed by atoms with Crippen LogP contribution in [0.1, 0.15) is 25.1 Å². The highest BCUT2D eigenvalue weighted by molar-refractivity contribution is 5.75. The van der Waals surface area contributed by atoms with Crippen LogP contribution in [0.2, 0.25) is 0 Å². The molecule has 0 N–H and O–H groups in total. The Balaban J connectivity index is 1.23. The number of halogens is 1. The third-order valence-corrected chi connectivity index (χ3v) is 5.16. The summed E-state index contributed by atoms with van der Waals surface area (Å²) in [6.07, 6.45) is 7.13. The van der Waals surface area contributed by atoms with Gasteiger partial charge in [0.25, 0.3) is 5.89 Å². The van der Waals surface area contributed by atoms with Gasteiger partial charge >= 0.3 is 0 Å². The number of amides is 1. The summed E-state index contributed by atoms with van der Waals surface area (Å²) in [6.45, 7) is 1.85. The van der Waals surface area contributed by atoms with Crippen molar-refractivity contribution in [2.24, 2.45) is 5.92 Å². The van der Waals surface area contributed by atoms with Gasteiger partial charge < -0.3 is 9.42 Å². The van der Waals surface area contributed by atoms with Gasteiger partial charge in [0.1, 0.15) is 12.4 Å². The van der Waals surface area contributed by atoms with Gasteiger partial charge in [-0.2, -0.15) is 10.1 Å². The van der Waals surface area contributed by atoms with Crippen LogP contribution in [0.3, 0.4) is 0 Å². The van der Waals surface area contributed by atoms with Gasteiger partial charge in [0, 0.05) is 37.5 Å². The molecule has 8 heteroatoms. The lowest BCUT2D eigenvalue weighted by Crippen LogP contribution is -2.40. The van der Waals surface area contributed by atoms with Crippen molar-refractivity contribution in [1.29, 1.82) is 0 Å². The Morgan fingerprint density at radius 3 is 2.71 bits per heavy atom. The topological polar surface area (TPSA) is 77.0 Å². The van der Waals surface area contributed by atoms with Gasteiger partial charge in [-0.3, -0.25) is 9.48 Å². The van der Waals surface area contributed by atoms with Crippen molar-refractivity contribution in [1.82, 2.24) is 24.8 Å². The van der Waals surface area contributed by atoms with E-state index in [0.29, 0.717) is 29.7 Å². The van der Waals surface area contributed by atoms with Crippen molar-refractivity contribution in [2.45, 2.75) is 32.2 Å². The Kier molecular flexibility index (Phi) is 5.45. The first-order valence-electron chi connectivity index (χ1n) is 9.51. The van der Waals surface area contributed by atoms with Gasteiger partial charge in [0.05, 0.1) is 0 Å². The fraction of sp³-hybridized carbons (Fsp3) is 0.400. The Morgan fingerprint density at radius 1 is 1.21 bits per heavy atom. The molecule has 0 unspecified atom stereocenters. The van der Waals surface area contributed by atoms with E-state index in [2.05, 4.69) is 15.2 Å². The number of piperidine rings is 1. The van der Waals surface area contributed by atoms with Gasteiger partial charge in [0.15, 0.2) is 5.82 Å². The number of nitrogens with zero attached hydrogens (tertiary/aromatic N) is 5. The van der Waals surface area contributed by atoms with Crippen LogP contribution >= 0.6 is 0 Å². The molecule has 7 nitrogen and oxygen atoms in total. The highest BCUT2D eigenvalue weighted by Crippen LogP contribution is 2.23. The van der Waals surface area contributed by atoms with E-state index in [4.69, 9.17) is 4.52 Å². The molecule has 1 aromatic carbocycles. The number of aromatic nitrogens is 4. The molecule has 1 aliphatic rings. The van der Waals surface area contributed by atoms with Crippen LogP contribution in [0.5, 0.6) is 0 Å². The summed E-state index contributed by atoms with van der Waals surface area (Å²) in [5.74, 6) is 1.44. The highest BCUT2D eigenvalue weighted by atomic mass is 19.1. The first kappa shape index (κ1) is 18.3. The largest absolute Gasteiger partial charge is 0.341 e. The van der Waals surface area contributed by atoms with Crippen LogP contribution < -0.4 is 0 Å². The zero-order chi connectivity index (χ0) is 19.3. The van der Waals surface area contributed by atoms with E-state index in [1.807, 2.05) is 11.0 Å². The minimum Gasteiger partial charge on any atom is -0.341 e. The van der Waals surface area contributed by atoms with Crippen molar-refractivity contribution in [2.75, 3.05) is 13.1 Å². The summed E-state index contributed by atoms with van der Waals surface area (Å²) in [7, 11) is 0. The lowest BCUT2D eigenvalue weighted by Gasteiger charge is -2.31. The standard InChI is InChI=1S/C20H22FN5O2/c21-17-5-3-16(4-6-17)20-23-18(24-28-20)7-2-15-8-12-25(13-9-15)19(27)14-26-11-1-10-22-26/h1,3-6,10-11,15H,2,7-9,12-14H2. The molecule has 1 saturated heterocycles. The molecule has 28 heavy (non-hydrogen) atoms. The smallest absolute Gasteiger partial charge is 0.257 e. The van der Waals surface area contributed by atoms with E-state index in [-0.39, 0.29) is 11.7 Å². The molecule has 3 heterocycles. The molecule has 0 saturated carbocycles. The first-order chi connectivity index (χ1) is 13.7. The fourth-order valence-electron chi connectivity index (χ4n) is 3.50. The third-order valence-electron chi connectivity index (χ3n) is 5.16. The number of hydrogen-bond donors (Lipinski definition) is 0. The number of hydrogen-bond acceptors (Lipinski definition) is 5. The van der Waals surface area contributed by atoms with Crippen LogP contribution in [-0.4, -0.2) is 43.8 Å². The van der Waals surface area contributed by atoms with Crippen LogP contribution in [0.25, 0.3) is 11.5 Å². The quantitative estimate of drug-likeness (QED) is 0.654. The lowest BCUT2D eigenvalue weighted by atomic mass is 9.92. The monoisotopic (exact) mass is 383 g/mol. The normalized spacial score (nSPS) is 15.1. The summed E-state index contributed by atoms with van der Waals surface area (Å²) in [6, 6.07) is 7.82. The maximum atomic E-state index is 13.0. The Morgan fingerprint density at radius 2 is 2.00 bits per heavy atom. The minimum atomic E-state index is -0.294. The van der Waals surface area contributed by atoms with Crippen molar-refractivity contribution in [3.8, 4) is 11.5 Å². The van der Waals surface area contributed by atoms with Gasteiger partial charge in [0.2, 0.25) is 5.91 Å². The highest BCUT2D eigenvalue weighted by Gasteiger charge is 2.23. The SMILES string of the molecule is O=C(Cn1cccn1)N1CCC(CCc2noc(-c3ccc(F)cc3)n2)CC1. The van der Waals surface area contributed by atoms with Crippen molar-refractivity contribution in [3.63, 3.8) is 0 Å². The van der Waals surface area contributed by atoms with E-state index >= 15 is 0 Å². The second-order valence-corrected chi connectivity index (χ2v) is 7.09. The summed E-state index contributed by atoms with van der Waals surface area (Å²) in [5.41, 5.74) is 0.712. The number of benzene rings is 1. The maximum Gasteiger partial charge on any atom is 0.257 e. The molecule has 2 aromatic heterocycles. The lowest BCUT2D eigenvalue weighted by molar-refractivity contribution is -0.133. The Hall–Kier alpha value is -3.03. The van der Waals surface area contributed by atoms with Crippen LogP contribution in [0.4, 0.5) is 4.39 Å². The predicted octanol–water partition coefficient (Wildman–Crippen LogP) is 2.94. The van der Waals surface area contributed by atoms with Crippen molar-refractivity contribution < 1.29 is 13.7 Å². The van der Waals surface area contributed by atoms with E-state index in [9.17, 15) is 9.18 Å². The van der Waals surface area contributed by atoms with E-state index < -0.39 is 0 Å². The first-order valence-corrected chi connectivity index (χ1v) is 9.51. The zero-order valence-electron chi connectivity index (χ0n) is 15.5. The average molecular weight is 383 g/mol. The fourth-order valence-corrected chi connectivity index (χ4v) is 3.50. The molecule has 3 aromatic rings. The van der Waals surface area contributed by atoms with Crippen LogP contribution in [-0.2, 0) is 17.8 Å². The second kappa shape index (κ2) is 8.33. The third kappa shape index (κ3) is 4.44. The Bertz CT molecular complexity index is 899. The molecule has 0 radical (unpaired) electrons. The molecule has 0 atom stereocenters. The van der Waals surface area contributed by atoms with Crippen molar-refractivity contribution in [3.05, 3.63) is 54.4 Å². The van der Waals surface area contributed by atoms with E-state index in [1.54, 1.807) is 29.2 Å². The summed E-state index contributed by atoms with van der Waals surface area (Å²) in [4.78, 5) is 18.6. The van der Waals surface area contributed by atoms with Crippen LogP contribution in [0, 0.1) is 11.7 Å². The number of likely N-dealkylation sites (tertiary alicyclic amines) is 1. The number of aryl methyl sites for hydroxylation is 1. The van der Waals surface area contributed by atoms with E-state index in [1.165, 1.54) is 12.1 Å². The molecule has 1 aliphatic heterocycles. The molecule has 146 valence electrons. The summed E-state index contributed by atoms with van der Waals surface area (Å²) >= 11 is 0. The van der Waals surface area contributed by atoms with Gasteiger partial charge in [-0.25, -0.2) is 4.39 Å². The molecule has 1 amide bonds. The molecular formula is C20H22FN5O2. The molecule has 1 fully saturated rings. The van der Waals surface area contributed by atoms with E-state index in [0.717, 1.165) is 38.8 Å². The predicted molar refractivity (Wildman–Crippen MR) is 99.5 cm³/mol. The summed E-state index contributed by atoms with van der Waals surface area (Å²) in [5, 5.41) is 8.12. The minimum absolute atomic E-state index is 0.115.